The molecule has 0 fully saturated rings. The van der Waals surface area contributed by atoms with Gasteiger partial charge in [0.05, 0.1) is 0 Å². The van der Waals surface area contributed by atoms with Crippen molar-refractivity contribution >= 4 is 7.60 Å². The number of hydrogen-bond acceptors (Lipinski definition) is 1. The van der Waals surface area contributed by atoms with E-state index in [9.17, 15) is 4.57 Å². The lowest BCUT2D eigenvalue weighted by molar-refractivity contribution is 0.375. The van der Waals surface area contributed by atoms with Crippen molar-refractivity contribution in [1.29, 1.82) is 0 Å². The van der Waals surface area contributed by atoms with Crippen LogP contribution in [-0.4, -0.2) is 15.9 Å². The van der Waals surface area contributed by atoms with Crippen LogP contribution in [0.4, 0.5) is 0 Å². The first-order valence-corrected chi connectivity index (χ1v) is 4.11. The second kappa shape index (κ2) is 5.29. The Hall–Kier alpha value is 0.150. The van der Waals surface area contributed by atoms with Crippen LogP contribution in [0.25, 0.3) is 0 Å². The maximum atomic E-state index is 9.69. The zero-order valence-electron chi connectivity index (χ0n) is 6.16. The summed E-state index contributed by atoms with van der Waals surface area (Å²) in [6.45, 7) is 3.74. The minimum Gasteiger partial charge on any atom is -0.324 e. The van der Waals surface area contributed by atoms with Gasteiger partial charge >= 0.3 is 7.60 Å². The van der Waals surface area contributed by atoms with Crippen LogP contribution in [0.5, 0.6) is 0 Å². The summed E-state index contributed by atoms with van der Waals surface area (Å²) in [6.07, 6.45) is -0.0625. The number of rotatable bonds is 1. The van der Waals surface area contributed by atoms with Crippen molar-refractivity contribution in [2.45, 2.75) is 20.7 Å². The van der Waals surface area contributed by atoms with Gasteiger partial charge < -0.3 is 9.79 Å². The fourth-order valence-corrected chi connectivity index (χ4v) is 0. The molecule has 0 aliphatic rings. The summed E-state index contributed by atoms with van der Waals surface area (Å²) in [5, 5.41) is 0. The van der Waals surface area contributed by atoms with E-state index in [0.29, 0.717) is 6.90 Å². The van der Waals surface area contributed by atoms with Gasteiger partial charge in [-0.3, -0.25) is 4.57 Å². The Bertz CT molecular complexity index is 89.8. The fourth-order valence-electron chi connectivity index (χ4n) is 0. The Balaban J connectivity index is 0. The molecule has 52 valence electrons. The molecule has 4 heteroatoms. The van der Waals surface area contributed by atoms with Crippen LogP contribution in [0.3, 0.4) is 0 Å². The third-order valence-corrected chi connectivity index (χ3v) is 1.24. The van der Waals surface area contributed by atoms with Crippen LogP contribution in [0.15, 0.2) is 0 Å². The summed E-state index contributed by atoms with van der Waals surface area (Å²) < 4.78 is 15.9. The van der Waals surface area contributed by atoms with E-state index in [0.717, 1.165) is 0 Å². The lowest BCUT2D eigenvalue weighted by Crippen LogP contribution is -1.76. The smallest absolute Gasteiger partial charge is 0.324 e. The maximum Gasteiger partial charge on any atom is 0.325 e. The molecule has 0 aliphatic heterocycles. The second-order valence-electron chi connectivity index (χ2n) is 0.981. The van der Waals surface area contributed by atoms with Crippen molar-refractivity contribution < 1.29 is 15.7 Å². The molecular weight excluding hydrogens is 127 g/mol. The first kappa shape index (κ1) is 8.15. The summed E-state index contributed by atoms with van der Waals surface area (Å²) in [5.74, 6) is 0. The molecule has 0 radical (unpaired) electrons. The molecule has 0 saturated carbocycles. The van der Waals surface area contributed by atoms with Crippen molar-refractivity contribution in [2.75, 3.05) is 6.16 Å². The third kappa shape index (κ3) is 16.4. The average molecular weight is 141 g/mol. The highest BCUT2D eigenvalue weighted by Crippen LogP contribution is 2.32. The summed E-state index contributed by atoms with van der Waals surface area (Å²) in [7, 11) is -3.65. The van der Waals surface area contributed by atoms with Gasteiger partial charge in [-0.15, -0.1) is 0 Å². The molecule has 0 aromatic heterocycles. The van der Waals surface area contributed by atoms with Crippen molar-refractivity contribution in [1.82, 2.24) is 0 Å². The number of hydrogen-bond donors (Lipinski definition) is 2. The van der Waals surface area contributed by atoms with Gasteiger partial charge in [0.15, 0.2) is 0 Å². The Morgan fingerprint density at radius 3 is 1.88 bits per heavy atom. The standard InChI is InChI=1S/C2H7O3P.C2H6/c1-2-6(3,4)5;1-2/h2H2,1H3,(H2,3,4,5);1-2H3/i;1D. The molecule has 0 amide bonds. The highest BCUT2D eigenvalue weighted by molar-refractivity contribution is 7.51. The Labute approximate surface area is 51.3 Å². The van der Waals surface area contributed by atoms with Crippen molar-refractivity contribution in [3.8, 4) is 0 Å². The quantitative estimate of drug-likeness (QED) is 0.539. The average Bonchev–Trinajstić information content (AvgIpc) is 1.67. The molecular formula is C4H13O3P. The first-order valence-electron chi connectivity index (χ1n) is 3.02. The minimum absolute atomic E-state index is 0.0625. The van der Waals surface area contributed by atoms with Crippen LogP contribution < -0.4 is 0 Å². The molecule has 0 aliphatic carbocycles. The van der Waals surface area contributed by atoms with Crippen molar-refractivity contribution in [3.63, 3.8) is 0 Å². The SMILES string of the molecule is CCP(=O)(O)O.[2H]CC. The lowest BCUT2D eigenvalue weighted by atomic mass is 11.0. The van der Waals surface area contributed by atoms with E-state index in [4.69, 9.17) is 11.2 Å². The Morgan fingerprint density at radius 1 is 1.75 bits per heavy atom. The van der Waals surface area contributed by atoms with Gasteiger partial charge in [0.1, 0.15) is 0 Å². The summed E-state index contributed by atoms with van der Waals surface area (Å²) in [6, 6.07) is 0. The van der Waals surface area contributed by atoms with E-state index in [1.807, 2.05) is 0 Å². The van der Waals surface area contributed by atoms with Gasteiger partial charge in [0.2, 0.25) is 0 Å². The van der Waals surface area contributed by atoms with Gasteiger partial charge in [-0.1, -0.05) is 20.7 Å². The molecule has 0 saturated heterocycles. The van der Waals surface area contributed by atoms with Gasteiger partial charge in [-0.05, 0) is 0 Å². The van der Waals surface area contributed by atoms with Crippen LogP contribution in [0, 0.1) is 0 Å². The fraction of sp³-hybridized carbons (Fsp3) is 1.00. The zero-order chi connectivity index (χ0) is 7.91. The van der Waals surface area contributed by atoms with Crippen molar-refractivity contribution in [3.05, 3.63) is 0 Å². The summed E-state index contributed by atoms with van der Waals surface area (Å²) in [5.41, 5.74) is 0. The molecule has 0 aromatic carbocycles. The monoisotopic (exact) mass is 141 g/mol. The topological polar surface area (TPSA) is 57.5 Å². The molecule has 3 nitrogen and oxygen atoms in total. The Kier molecular flexibility index (Phi) is 5.39. The summed E-state index contributed by atoms with van der Waals surface area (Å²) in [4.78, 5) is 15.9. The van der Waals surface area contributed by atoms with Crippen LogP contribution in [0.2, 0.25) is 0 Å². The minimum atomic E-state index is -3.65. The predicted molar refractivity (Wildman–Crippen MR) is 33.9 cm³/mol. The van der Waals surface area contributed by atoms with Gasteiger partial charge in [0, 0.05) is 7.53 Å². The van der Waals surface area contributed by atoms with Crippen LogP contribution in [0.1, 0.15) is 22.1 Å². The maximum absolute atomic E-state index is 9.69. The third-order valence-electron chi connectivity index (χ3n) is 0.412. The molecule has 8 heavy (non-hydrogen) atoms. The molecule has 0 bridgehead atoms. The first-order chi connectivity index (χ1) is 3.97. The zero-order valence-corrected chi connectivity index (χ0v) is 6.06. The molecule has 0 aromatic rings. The van der Waals surface area contributed by atoms with E-state index < -0.39 is 7.60 Å². The highest BCUT2D eigenvalue weighted by Gasteiger charge is 2.05. The van der Waals surface area contributed by atoms with Gasteiger partial charge in [-0.2, -0.15) is 0 Å². The van der Waals surface area contributed by atoms with E-state index in [2.05, 4.69) is 0 Å². The Morgan fingerprint density at radius 2 is 1.88 bits per heavy atom. The normalized spacial score (nSPS) is 11.2. The van der Waals surface area contributed by atoms with Gasteiger partial charge in [0.25, 0.3) is 0 Å². The van der Waals surface area contributed by atoms with E-state index in [1.165, 1.54) is 6.92 Å². The molecule has 0 spiro atoms. The van der Waals surface area contributed by atoms with E-state index in [1.54, 1.807) is 6.92 Å². The molecule has 0 atom stereocenters. The van der Waals surface area contributed by atoms with Crippen LogP contribution >= 0.6 is 7.60 Å². The molecule has 0 unspecified atom stereocenters. The van der Waals surface area contributed by atoms with Crippen LogP contribution in [-0.2, 0) is 4.57 Å². The lowest BCUT2D eigenvalue weighted by Gasteiger charge is -1.92. The van der Waals surface area contributed by atoms with Crippen molar-refractivity contribution in [2.24, 2.45) is 0 Å². The molecule has 0 rings (SSSR count). The predicted octanol–water partition coefficient (Wildman–Crippen LogP) is 1.21. The molecule has 0 heterocycles. The largest absolute Gasteiger partial charge is 0.325 e. The summed E-state index contributed by atoms with van der Waals surface area (Å²) >= 11 is 0. The van der Waals surface area contributed by atoms with E-state index >= 15 is 0 Å². The highest BCUT2D eigenvalue weighted by atomic mass is 31.2. The second-order valence-corrected chi connectivity index (χ2v) is 2.94. The van der Waals surface area contributed by atoms with Gasteiger partial charge in [-0.25, -0.2) is 0 Å². The van der Waals surface area contributed by atoms with E-state index in [-0.39, 0.29) is 6.16 Å². The molecule has 2 N–H and O–H groups in total.